The molecule has 3 nitrogen and oxygen atoms in total. The second-order valence-electron chi connectivity index (χ2n) is 16.6. The molecule has 2 aromatic heterocycles. The Labute approximate surface area is 293 Å². The highest BCUT2D eigenvalue weighted by atomic mass is 16.3. The highest BCUT2D eigenvalue weighted by Crippen LogP contribution is 2.57. The Kier molecular flexibility index (Phi) is 5.33. The fourth-order valence-electron chi connectivity index (χ4n) is 10.2. The Bertz CT molecular complexity index is 2680. The number of anilines is 3. The van der Waals surface area contributed by atoms with Gasteiger partial charge >= 0.3 is 0 Å². The molecular weight excluding hydrogens is 607 g/mol. The Morgan fingerprint density at radius 1 is 0.800 bits per heavy atom. The van der Waals surface area contributed by atoms with Gasteiger partial charge in [0.05, 0.1) is 16.8 Å². The van der Waals surface area contributed by atoms with Crippen molar-refractivity contribution >= 4 is 62.7 Å². The maximum Gasteiger partial charge on any atom is 0.226 e. The molecule has 1 unspecified atom stereocenters. The van der Waals surface area contributed by atoms with Crippen LogP contribution in [-0.2, 0) is 10.8 Å². The minimum atomic E-state index is -0.0795. The van der Waals surface area contributed by atoms with Crippen molar-refractivity contribution in [3.05, 3.63) is 137 Å². The molecule has 0 amide bonds. The van der Waals surface area contributed by atoms with Crippen LogP contribution in [0.4, 0.5) is 17.1 Å². The van der Waals surface area contributed by atoms with Crippen LogP contribution in [0.1, 0.15) is 80.4 Å². The van der Waals surface area contributed by atoms with E-state index in [9.17, 15) is 0 Å². The Balaban J connectivity index is 1.29. The zero-order chi connectivity index (χ0) is 33.8. The quantitative estimate of drug-likeness (QED) is 0.166. The average Bonchev–Trinajstić information content (AvgIpc) is 3.73. The molecule has 2 aliphatic carbocycles. The van der Waals surface area contributed by atoms with E-state index < -0.39 is 0 Å². The molecule has 4 heterocycles. The maximum atomic E-state index is 6.49. The number of rotatable bonds is 1. The molecule has 7 aromatic rings. The summed E-state index contributed by atoms with van der Waals surface area (Å²) >= 11 is 0. The number of aryl methyl sites for hydroxylation is 1. The molecule has 0 fully saturated rings. The van der Waals surface area contributed by atoms with Crippen molar-refractivity contribution in [3.8, 4) is 16.9 Å². The molecule has 2 aliphatic heterocycles. The van der Waals surface area contributed by atoms with Crippen molar-refractivity contribution in [1.82, 2.24) is 4.57 Å². The number of furan rings is 1. The lowest BCUT2D eigenvalue weighted by Crippen LogP contribution is -2.57. The first-order chi connectivity index (χ1) is 24.1. The Morgan fingerprint density at radius 2 is 1.58 bits per heavy atom. The lowest BCUT2D eigenvalue weighted by molar-refractivity contribution is 0.590. The summed E-state index contributed by atoms with van der Waals surface area (Å²) in [6, 6.07) is 36.5. The van der Waals surface area contributed by atoms with Gasteiger partial charge in [-0.15, -0.1) is 0 Å². The zero-order valence-corrected chi connectivity index (χ0v) is 29.6. The van der Waals surface area contributed by atoms with Gasteiger partial charge in [0.2, 0.25) is 6.71 Å². The van der Waals surface area contributed by atoms with Gasteiger partial charge in [-0.3, -0.25) is 0 Å². The molecule has 4 aliphatic rings. The van der Waals surface area contributed by atoms with E-state index in [2.05, 4.69) is 160 Å². The first-order valence-corrected chi connectivity index (χ1v) is 18.2. The molecule has 0 radical (unpaired) electrons. The lowest BCUT2D eigenvalue weighted by Gasteiger charge is -2.45. The second-order valence-corrected chi connectivity index (χ2v) is 16.6. The number of para-hydroxylation sites is 1. The van der Waals surface area contributed by atoms with Crippen molar-refractivity contribution in [3.63, 3.8) is 0 Å². The summed E-state index contributed by atoms with van der Waals surface area (Å²) < 4.78 is 9.20. The SMILES string of the molecule is Cc1cc2c3c(c1)-n1c4c(c5c1C(CC=C5)B3c1ccc(C(C)(C)C)cc1N2c1cccc2oc3ccccc3c12)C(C)(C)c1ccccc1-4. The van der Waals surface area contributed by atoms with Crippen LogP contribution in [0.15, 0.2) is 108 Å². The molecule has 11 rings (SSSR count). The van der Waals surface area contributed by atoms with Crippen LogP contribution in [0.2, 0.25) is 0 Å². The predicted octanol–water partition coefficient (Wildman–Crippen LogP) is 10.7. The zero-order valence-electron chi connectivity index (χ0n) is 29.6. The van der Waals surface area contributed by atoms with E-state index in [0.717, 1.165) is 23.0 Å². The van der Waals surface area contributed by atoms with Gasteiger partial charge in [-0.2, -0.15) is 0 Å². The summed E-state index contributed by atoms with van der Waals surface area (Å²) in [4.78, 5) is 2.59. The van der Waals surface area contributed by atoms with E-state index in [-0.39, 0.29) is 17.5 Å². The summed E-state index contributed by atoms with van der Waals surface area (Å²) in [6.45, 7) is 14.4. The summed E-state index contributed by atoms with van der Waals surface area (Å²) in [5, 5.41) is 2.32. The lowest BCUT2D eigenvalue weighted by atomic mass is 9.29. The number of fused-ring (bicyclic) bond motifs is 12. The van der Waals surface area contributed by atoms with E-state index in [0.29, 0.717) is 5.82 Å². The predicted molar refractivity (Wildman–Crippen MR) is 210 cm³/mol. The molecule has 0 saturated carbocycles. The van der Waals surface area contributed by atoms with Crippen LogP contribution in [-0.4, -0.2) is 11.3 Å². The third kappa shape index (κ3) is 3.42. The molecule has 0 bridgehead atoms. The van der Waals surface area contributed by atoms with Crippen molar-refractivity contribution in [2.75, 3.05) is 4.90 Å². The molecule has 242 valence electrons. The normalized spacial score (nSPS) is 17.5. The molecule has 0 spiro atoms. The summed E-state index contributed by atoms with van der Waals surface area (Å²) in [5.41, 5.74) is 21.0. The van der Waals surface area contributed by atoms with Gasteiger partial charge in [0.15, 0.2) is 0 Å². The molecule has 0 N–H and O–H groups in total. The van der Waals surface area contributed by atoms with Crippen LogP contribution >= 0.6 is 0 Å². The van der Waals surface area contributed by atoms with Crippen LogP contribution in [0.25, 0.3) is 45.0 Å². The van der Waals surface area contributed by atoms with Crippen LogP contribution in [0.5, 0.6) is 0 Å². The molecular formula is C46H39BN2O. The standard InChI is InChI=1S/C46H39BN2O/c1-26-23-36-42-37(24-26)49-43-30(41-44(49)28-13-7-9-16-31(28)46(41,5)6)15-11-17-33(43)47(42)32-22-21-27(45(2,3)4)25-35(32)48(36)34-18-12-20-39-40(34)29-14-8-10-19-38(29)50-39/h7-16,18-25,33H,17H2,1-6H3. The molecule has 5 aromatic carbocycles. The van der Waals surface area contributed by atoms with Gasteiger partial charge < -0.3 is 13.9 Å². The topological polar surface area (TPSA) is 21.3 Å². The van der Waals surface area contributed by atoms with Crippen molar-refractivity contribution in [2.45, 2.75) is 64.6 Å². The number of hydrogen-bond donors (Lipinski definition) is 0. The van der Waals surface area contributed by atoms with Gasteiger partial charge in [0.1, 0.15) is 11.2 Å². The number of aromatic nitrogens is 1. The summed E-state index contributed by atoms with van der Waals surface area (Å²) in [5.74, 6) is 0.337. The minimum absolute atomic E-state index is 0.00881. The number of benzene rings is 5. The van der Waals surface area contributed by atoms with Gasteiger partial charge in [-0.1, -0.05) is 107 Å². The van der Waals surface area contributed by atoms with Crippen LogP contribution < -0.4 is 15.8 Å². The minimum Gasteiger partial charge on any atom is -0.456 e. The number of hydrogen-bond acceptors (Lipinski definition) is 2. The average molecular weight is 647 g/mol. The molecule has 0 saturated heterocycles. The highest BCUT2D eigenvalue weighted by Gasteiger charge is 2.51. The van der Waals surface area contributed by atoms with Gasteiger partial charge in [-0.25, -0.2) is 0 Å². The van der Waals surface area contributed by atoms with E-state index in [1.165, 1.54) is 83.8 Å². The fraction of sp³-hybridized carbons (Fsp3) is 0.217. The largest absolute Gasteiger partial charge is 0.456 e. The van der Waals surface area contributed by atoms with Crippen molar-refractivity contribution < 1.29 is 4.42 Å². The van der Waals surface area contributed by atoms with E-state index in [4.69, 9.17) is 4.42 Å². The highest BCUT2D eigenvalue weighted by molar-refractivity contribution is 6.90. The van der Waals surface area contributed by atoms with E-state index in [1.54, 1.807) is 0 Å². The summed E-state index contributed by atoms with van der Waals surface area (Å²) in [6.07, 6.45) is 5.93. The third-order valence-corrected chi connectivity index (χ3v) is 12.3. The molecule has 4 heteroatoms. The van der Waals surface area contributed by atoms with E-state index in [1.807, 2.05) is 0 Å². The first kappa shape index (κ1) is 28.6. The maximum absolute atomic E-state index is 6.49. The second kappa shape index (κ2) is 9.31. The smallest absolute Gasteiger partial charge is 0.226 e. The van der Waals surface area contributed by atoms with Gasteiger partial charge in [-0.05, 0) is 99.7 Å². The van der Waals surface area contributed by atoms with Crippen LogP contribution in [0, 0.1) is 6.92 Å². The Morgan fingerprint density at radius 3 is 2.44 bits per heavy atom. The van der Waals surface area contributed by atoms with Gasteiger partial charge in [0, 0.05) is 39.1 Å². The summed E-state index contributed by atoms with van der Waals surface area (Å²) in [7, 11) is 0. The monoisotopic (exact) mass is 646 g/mol. The number of allylic oxidation sites excluding steroid dienone is 1. The fourth-order valence-corrected chi connectivity index (χ4v) is 10.2. The first-order valence-electron chi connectivity index (χ1n) is 18.2. The van der Waals surface area contributed by atoms with E-state index >= 15 is 0 Å². The number of nitrogens with zero attached hydrogens (tertiary/aromatic N) is 2. The molecule has 50 heavy (non-hydrogen) atoms. The van der Waals surface area contributed by atoms with Crippen LogP contribution in [0.3, 0.4) is 0 Å². The van der Waals surface area contributed by atoms with Gasteiger partial charge in [0.25, 0.3) is 0 Å². The Hall–Kier alpha value is -5.22. The van der Waals surface area contributed by atoms with Crippen molar-refractivity contribution in [2.24, 2.45) is 0 Å². The van der Waals surface area contributed by atoms with Crippen molar-refractivity contribution in [1.29, 1.82) is 0 Å². The third-order valence-electron chi connectivity index (χ3n) is 12.3. The molecule has 1 atom stereocenters.